The summed E-state index contributed by atoms with van der Waals surface area (Å²) in [5.74, 6) is -0.211. The third-order valence-corrected chi connectivity index (χ3v) is 5.72. The lowest BCUT2D eigenvalue weighted by Gasteiger charge is -2.46. The van der Waals surface area contributed by atoms with Crippen LogP contribution in [0.15, 0.2) is 48.8 Å². The highest BCUT2D eigenvalue weighted by Crippen LogP contribution is 2.43. The lowest BCUT2D eigenvalue weighted by atomic mass is 9.64. The number of pyridine rings is 1. The number of nitrogens with zero attached hydrogens (tertiary/aromatic N) is 1. The van der Waals surface area contributed by atoms with E-state index in [0.717, 1.165) is 24.8 Å². The Morgan fingerprint density at radius 2 is 2.12 bits per heavy atom. The minimum atomic E-state index is -0.211. The van der Waals surface area contributed by atoms with Crippen LogP contribution >= 0.6 is 12.2 Å². The highest BCUT2D eigenvalue weighted by molar-refractivity contribution is 7.80. The molecule has 1 aliphatic carbocycles. The third kappa shape index (κ3) is 4.10. The molecule has 0 bridgehead atoms. The molecule has 0 amide bonds. The number of aromatic nitrogens is 1. The summed E-state index contributed by atoms with van der Waals surface area (Å²) in [6, 6.07) is 11.2. The van der Waals surface area contributed by atoms with E-state index in [1.165, 1.54) is 24.1 Å². The smallest absolute Gasteiger partial charge is 0.123 e. The number of benzene rings is 1. The summed E-state index contributed by atoms with van der Waals surface area (Å²) in [6.45, 7) is 2.12. The maximum atomic E-state index is 13.2. The highest BCUT2D eigenvalue weighted by Gasteiger charge is 2.43. The number of thiocarbonyl (C=S) groups is 1. The molecule has 3 atom stereocenters. The SMILES string of the molecule is C[C@@H](N[C@@H]1CCCC[C@]1(CC(N)=S)c1cccnc1)c1ccc(F)cc1. The molecule has 1 aromatic carbocycles. The van der Waals surface area contributed by atoms with Crippen LogP contribution in [0.25, 0.3) is 0 Å². The summed E-state index contributed by atoms with van der Waals surface area (Å²) in [7, 11) is 0. The first kappa shape index (κ1) is 18.9. The number of rotatable bonds is 6. The zero-order valence-electron chi connectivity index (χ0n) is 15.1. The fourth-order valence-corrected chi connectivity index (χ4v) is 4.52. The van der Waals surface area contributed by atoms with Gasteiger partial charge in [0.2, 0.25) is 0 Å². The summed E-state index contributed by atoms with van der Waals surface area (Å²) in [5, 5.41) is 3.78. The van der Waals surface area contributed by atoms with Gasteiger partial charge in [0.15, 0.2) is 0 Å². The van der Waals surface area contributed by atoms with Gasteiger partial charge in [0, 0.05) is 36.3 Å². The third-order valence-electron chi connectivity index (χ3n) is 5.58. The van der Waals surface area contributed by atoms with Gasteiger partial charge in [0.25, 0.3) is 0 Å². The predicted octanol–water partition coefficient (Wildman–Crippen LogP) is 4.43. The van der Waals surface area contributed by atoms with Crippen LogP contribution in [-0.2, 0) is 5.41 Å². The molecule has 138 valence electrons. The van der Waals surface area contributed by atoms with Crippen LogP contribution in [0.5, 0.6) is 0 Å². The molecule has 1 aliphatic rings. The quantitative estimate of drug-likeness (QED) is 0.738. The molecule has 3 rings (SSSR count). The molecule has 1 fully saturated rings. The van der Waals surface area contributed by atoms with Gasteiger partial charge in [-0.25, -0.2) is 4.39 Å². The fourth-order valence-electron chi connectivity index (χ4n) is 4.26. The number of hydrogen-bond donors (Lipinski definition) is 2. The Kier molecular flexibility index (Phi) is 5.99. The Balaban J connectivity index is 1.91. The standard InChI is InChI=1S/C21H26FN3S/c1-15(16-7-9-18(22)10-8-16)25-19-6-2-3-11-21(19,13-20(23)26)17-5-4-12-24-14-17/h4-5,7-10,12,14-15,19,25H,2-3,6,11,13H2,1H3,(H2,23,26)/t15-,19-,21+/m1/s1. The van der Waals surface area contributed by atoms with Gasteiger partial charge in [0.1, 0.15) is 5.82 Å². The van der Waals surface area contributed by atoms with Crippen LogP contribution in [0.1, 0.15) is 56.2 Å². The maximum absolute atomic E-state index is 13.2. The largest absolute Gasteiger partial charge is 0.393 e. The molecule has 1 aromatic heterocycles. The average Bonchev–Trinajstić information content (AvgIpc) is 2.64. The van der Waals surface area contributed by atoms with Crippen molar-refractivity contribution in [3.8, 4) is 0 Å². The van der Waals surface area contributed by atoms with Gasteiger partial charge in [-0.3, -0.25) is 4.98 Å². The van der Waals surface area contributed by atoms with E-state index < -0.39 is 0 Å². The van der Waals surface area contributed by atoms with Gasteiger partial charge in [-0.1, -0.05) is 43.3 Å². The van der Waals surface area contributed by atoms with Crippen LogP contribution in [0, 0.1) is 5.82 Å². The molecule has 0 saturated heterocycles. The molecule has 2 aromatic rings. The van der Waals surface area contributed by atoms with E-state index >= 15 is 0 Å². The van der Waals surface area contributed by atoms with Crippen LogP contribution in [0.2, 0.25) is 0 Å². The van der Waals surface area contributed by atoms with Gasteiger partial charge in [0.05, 0.1) is 4.99 Å². The summed E-state index contributed by atoms with van der Waals surface area (Å²) >= 11 is 5.31. The Hall–Kier alpha value is -1.85. The van der Waals surface area contributed by atoms with E-state index in [1.807, 2.05) is 24.4 Å². The molecule has 5 heteroatoms. The van der Waals surface area contributed by atoms with E-state index in [9.17, 15) is 4.39 Å². The molecule has 26 heavy (non-hydrogen) atoms. The lowest BCUT2D eigenvalue weighted by Crippen LogP contribution is -2.52. The van der Waals surface area contributed by atoms with E-state index in [0.29, 0.717) is 11.4 Å². The van der Waals surface area contributed by atoms with Crippen molar-refractivity contribution >= 4 is 17.2 Å². The number of nitrogens with two attached hydrogens (primary N) is 1. The Bertz CT molecular complexity index is 735. The Labute approximate surface area is 160 Å². The van der Waals surface area contributed by atoms with Crippen molar-refractivity contribution in [1.29, 1.82) is 0 Å². The van der Waals surface area contributed by atoms with Crippen molar-refractivity contribution in [2.45, 2.75) is 56.5 Å². The first-order valence-electron chi connectivity index (χ1n) is 9.21. The van der Waals surface area contributed by atoms with E-state index in [4.69, 9.17) is 18.0 Å². The van der Waals surface area contributed by atoms with Crippen LogP contribution < -0.4 is 11.1 Å². The topological polar surface area (TPSA) is 50.9 Å². The average molecular weight is 372 g/mol. The molecular weight excluding hydrogens is 345 g/mol. The van der Waals surface area contributed by atoms with Crippen molar-refractivity contribution < 1.29 is 4.39 Å². The number of halogens is 1. The first-order valence-corrected chi connectivity index (χ1v) is 9.62. The molecule has 0 spiro atoms. The molecule has 3 nitrogen and oxygen atoms in total. The van der Waals surface area contributed by atoms with E-state index in [1.54, 1.807) is 6.20 Å². The highest BCUT2D eigenvalue weighted by atomic mass is 32.1. The van der Waals surface area contributed by atoms with Gasteiger partial charge < -0.3 is 11.1 Å². The summed E-state index contributed by atoms with van der Waals surface area (Å²) in [4.78, 5) is 4.88. The fraction of sp³-hybridized carbons (Fsp3) is 0.429. The normalized spacial score (nSPS) is 24.2. The van der Waals surface area contributed by atoms with Gasteiger partial charge in [-0.2, -0.15) is 0 Å². The van der Waals surface area contributed by atoms with Crippen molar-refractivity contribution in [1.82, 2.24) is 10.3 Å². The number of hydrogen-bond acceptors (Lipinski definition) is 3. The van der Waals surface area contributed by atoms with Gasteiger partial charge in [-0.05, 0) is 49.1 Å². The summed E-state index contributed by atoms with van der Waals surface area (Å²) < 4.78 is 13.2. The Morgan fingerprint density at radius 1 is 1.35 bits per heavy atom. The maximum Gasteiger partial charge on any atom is 0.123 e. The van der Waals surface area contributed by atoms with Gasteiger partial charge >= 0.3 is 0 Å². The van der Waals surface area contributed by atoms with Crippen LogP contribution in [-0.4, -0.2) is 16.0 Å². The molecule has 1 heterocycles. The molecule has 0 radical (unpaired) electrons. The Morgan fingerprint density at radius 3 is 2.77 bits per heavy atom. The lowest BCUT2D eigenvalue weighted by molar-refractivity contribution is 0.204. The molecular formula is C21H26FN3S. The monoisotopic (exact) mass is 371 g/mol. The zero-order valence-corrected chi connectivity index (χ0v) is 15.9. The second kappa shape index (κ2) is 8.23. The van der Waals surface area contributed by atoms with Crippen LogP contribution in [0.4, 0.5) is 4.39 Å². The van der Waals surface area contributed by atoms with Crippen molar-refractivity contribution in [2.24, 2.45) is 5.73 Å². The van der Waals surface area contributed by atoms with Crippen molar-refractivity contribution in [2.75, 3.05) is 0 Å². The minimum Gasteiger partial charge on any atom is -0.393 e. The molecule has 0 aliphatic heterocycles. The molecule has 1 saturated carbocycles. The van der Waals surface area contributed by atoms with E-state index in [2.05, 4.69) is 23.3 Å². The van der Waals surface area contributed by atoms with Gasteiger partial charge in [-0.15, -0.1) is 0 Å². The second-order valence-corrected chi connectivity index (χ2v) is 7.80. The predicted molar refractivity (Wildman–Crippen MR) is 108 cm³/mol. The van der Waals surface area contributed by atoms with E-state index in [-0.39, 0.29) is 23.3 Å². The molecule has 0 unspecified atom stereocenters. The van der Waals surface area contributed by atoms with Crippen molar-refractivity contribution in [3.05, 3.63) is 65.7 Å². The first-order chi connectivity index (χ1) is 12.5. The number of nitrogens with one attached hydrogen (secondary N) is 1. The summed E-state index contributed by atoms with van der Waals surface area (Å²) in [6.07, 6.45) is 8.83. The molecule has 3 N–H and O–H groups in total. The minimum absolute atomic E-state index is 0.112. The zero-order chi connectivity index (χ0) is 18.6. The van der Waals surface area contributed by atoms with Crippen LogP contribution in [0.3, 0.4) is 0 Å². The van der Waals surface area contributed by atoms with Crippen molar-refractivity contribution in [3.63, 3.8) is 0 Å². The summed E-state index contributed by atoms with van der Waals surface area (Å²) in [5.41, 5.74) is 8.13. The second-order valence-electron chi connectivity index (χ2n) is 7.28.